The molecule has 0 aromatic carbocycles. The quantitative estimate of drug-likeness (QED) is 0.696. The molecule has 2 saturated carbocycles. The number of hydrogen-bond donors (Lipinski definition) is 1. The van der Waals surface area contributed by atoms with E-state index in [-0.39, 0.29) is 6.04 Å². The number of nitrogens with one attached hydrogen (secondary N) is 1. The van der Waals surface area contributed by atoms with Crippen molar-refractivity contribution in [2.24, 2.45) is 0 Å². The van der Waals surface area contributed by atoms with Crippen LogP contribution >= 0.6 is 0 Å². The van der Waals surface area contributed by atoms with Crippen molar-refractivity contribution in [2.45, 2.75) is 62.6 Å². The van der Waals surface area contributed by atoms with Crippen molar-refractivity contribution >= 4 is 10.0 Å². The molecule has 0 amide bonds. The molecule has 7 heteroatoms. The van der Waals surface area contributed by atoms with Crippen LogP contribution in [0.4, 0.5) is 0 Å². The molecule has 6 nitrogen and oxygen atoms in total. The number of aryl methyl sites for hydroxylation is 1. The molecule has 0 unspecified atom stereocenters. The summed E-state index contributed by atoms with van der Waals surface area (Å²) in [6.45, 7) is 4.15. The van der Waals surface area contributed by atoms with Crippen molar-refractivity contribution in [3.8, 4) is 0 Å². The summed E-state index contributed by atoms with van der Waals surface area (Å²) in [5.74, 6) is 0. The van der Waals surface area contributed by atoms with Crippen LogP contribution in [0, 0.1) is 0 Å². The predicted molar refractivity (Wildman–Crippen MR) is 80.5 cm³/mol. The Morgan fingerprint density at radius 3 is 2.76 bits per heavy atom. The van der Waals surface area contributed by atoms with E-state index in [4.69, 9.17) is 0 Å². The first-order valence-electron chi connectivity index (χ1n) is 7.89. The maximum atomic E-state index is 12.5. The summed E-state index contributed by atoms with van der Waals surface area (Å²) < 4.78 is 28.4. The first kappa shape index (κ1) is 15.0. The largest absolute Gasteiger partial charge is 0.314 e. The summed E-state index contributed by atoms with van der Waals surface area (Å²) in [6, 6.07) is 0.918. The van der Waals surface area contributed by atoms with Gasteiger partial charge in [0.25, 0.3) is 0 Å². The zero-order chi connectivity index (χ0) is 14.9. The highest BCUT2D eigenvalue weighted by Crippen LogP contribution is 2.31. The minimum atomic E-state index is -3.37. The van der Waals surface area contributed by atoms with Gasteiger partial charge in [0.15, 0.2) is 0 Å². The average Bonchev–Trinajstić information content (AvgIpc) is 3.37. The Balaban J connectivity index is 1.57. The fourth-order valence-corrected chi connectivity index (χ4v) is 4.21. The normalized spacial score (nSPS) is 19.3. The molecule has 21 heavy (non-hydrogen) atoms. The first-order chi connectivity index (χ1) is 10.1. The van der Waals surface area contributed by atoms with E-state index in [1.54, 1.807) is 15.2 Å². The van der Waals surface area contributed by atoms with Crippen LogP contribution in [-0.4, -0.2) is 47.7 Å². The van der Waals surface area contributed by atoms with Gasteiger partial charge in [-0.3, -0.25) is 4.68 Å². The van der Waals surface area contributed by atoms with Gasteiger partial charge in [-0.1, -0.05) is 6.92 Å². The molecule has 1 N–H and O–H groups in total. The molecule has 0 spiro atoms. The molecule has 118 valence electrons. The van der Waals surface area contributed by atoms with E-state index in [2.05, 4.69) is 10.4 Å². The molecule has 0 aliphatic heterocycles. The minimum absolute atomic E-state index is 0.200. The van der Waals surface area contributed by atoms with Gasteiger partial charge in [0.1, 0.15) is 4.90 Å². The minimum Gasteiger partial charge on any atom is -0.314 e. The van der Waals surface area contributed by atoms with Gasteiger partial charge in [0, 0.05) is 31.4 Å². The summed E-state index contributed by atoms with van der Waals surface area (Å²) in [6.07, 6.45) is 8.66. The van der Waals surface area contributed by atoms with Crippen LogP contribution in [-0.2, 0) is 16.6 Å². The van der Waals surface area contributed by atoms with E-state index in [0.29, 0.717) is 11.4 Å². The van der Waals surface area contributed by atoms with Gasteiger partial charge in [-0.15, -0.1) is 0 Å². The number of nitrogens with zero attached hydrogens (tertiary/aromatic N) is 3. The zero-order valence-electron chi connectivity index (χ0n) is 12.5. The lowest BCUT2D eigenvalue weighted by atomic mass is 10.4. The van der Waals surface area contributed by atoms with Gasteiger partial charge in [0.2, 0.25) is 10.0 Å². The molecule has 1 aromatic heterocycles. The molecule has 2 aliphatic rings. The molecule has 3 rings (SSSR count). The van der Waals surface area contributed by atoms with E-state index in [1.807, 2.05) is 6.92 Å². The van der Waals surface area contributed by atoms with Crippen LogP contribution in [0.15, 0.2) is 17.3 Å². The predicted octanol–water partition coefficient (Wildman–Crippen LogP) is 1.20. The maximum Gasteiger partial charge on any atom is 0.246 e. The maximum absolute atomic E-state index is 12.5. The Labute approximate surface area is 126 Å². The number of hydrogen-bond acceptors (Lipinski definition) is 4. The third-order valence-corrected chi connectivity index (χ3v) is 6.04. The molecule has 2 fully saturated rings. The second-order valence-corrected chi connectivity index (χ2v) is 7.85. The van der Waals surface area contributed by atoms with Crippen LogP contribution in [0.2, 0.25) is 0 Å². The summed E-state index contributed by atoms with van der Waals surface area (Å²) in [7, 11) is -3.37. The summed E-state index contributed by atoms with van der Waals surface area (Å²) in [4.78, 5) is 0.325. The van der Waals surface area contributed by atoms with Crippen molar-refractivity contribution in [3.63, 3.8) is 0 Å². The van der Waals surface area contributed by atoms with E-state index >= 15 is 0 Å². The van der Waals surface area contributed by atoms with Gasteiger partial charge in [-0.2, -0.15) is 9.40 Å². The molecule has 2 aliphatic carbocycles. The second kappa shape index (κ2) is 6.06. The van der Waals surface area contributed by atoms with Crippen LogP contribution in [0.5, 0.6) is 0 Å². The monoisotopic (exact) mass is 312 g/mol. The van der Waals surface area contributed by atoms with Gasteiger partial charge in [0.05, 0.1) is 6.20 Å². The lowest BCUT2D eigenvalue weighted by Crippen LogP contribution is -2.32. The molecule has 0 saturated heterocycles. The van der Waals surface area contributed by atoms with Crippen molar-refractivity contribution in [1.29, 1.82) is 0 Å². The SMILES string of the molecule is CCN(C1CC1)S(=O)(=O)c1cnn(CCCNC2CC2)c1. The van der Waals surface area contributed by atoms with E-state index in [0.717, 1.165) is 38.4 Å². The summed E-state index contributed by atoms with van der Waals surface area (Å²) >= 11 is 0. The topological polar surface area (TPSA) is 67.2 Å². The zero-order valence-corrected chi connectivity index (χ0v) is 13.3. The molecule has 1 heterocycles. The van der Waals surface area contributed by atoms with Gasteiger partial charge < -0.3 is 5.32 Å². The highest BCUT2D eigenvalue weighted by molar-refractivity contribution is 7.89. The average molecular weight is 312 g/mol. The van der Waals surface area contributed by atoms with Crippen molar-refractivity contribution < 1.29 is 8.42 Å². The van der Waals surface area contributed by atoms with Crippen molar-refractivity contribution in [2.75, 3.05) is 13.1 Å². The lowest BCUT2D eigenvalue weighted by molar-refractivity contribution is 0.421. The van der Waals surface area contributed by atoms with Crippen LogP contribution < -0.4 is 5.32 Å². The van der Waals surface area contributed by atoms with Gasteiger partial charge in [-0.05, 0) is 38.6 Å². The Morgan fingerprint density at radius 1 is 1.38 bits per heavy atom. The standard InChI is InChI=1S/C14H24N4O2S/c1-2-18(13-6-7-13)21(19,20)14-10-16-17(11-14)9-3-8-15-12-4-5-12/h10-13,15H,2-9H2,1H3. The smallest absolute Gasteiger partial charge is 0.246 e. The first-order valence-corrected chi connectivity index (χ1v) is 9.33. The number of sulfonamides is 1. The van der Waals surface area contributed by atoms with Crippen LogP contribution in [0.25, 0.3) is 0 Å². The van der Waals surface area contributed by atoms with E-state index in [9.17, 15) is 8.42 Å². The molecule has 1 aromatic rings. The Bertz CT molecular complexity index is 576. The highest BCUT2D eigenvalue weighted by Gasteiger charge is 2.37. The third kappa shape index (κ3) is 3.64. The van der Waals surface area contributed by atoms with Crippen LogP contribution in [0.1, 0.15) is 39.0 Å². The second-order valence-electron chi connectivity index (χ2n) is 5.96. The Hall–Kier alpha value is -0.920. The fraction of sp³-hybridized carbons (Fsp3) is 0.786. The summed E-state index contributed by atoms with van der Waals surface area (Å²) in [5.41, 5.74) is 0. The Kier molecular flexibility index (Phi) is 4.33. The Morgan fingerprint density at radius 2 is 2.14 bits per heavy atom. The number of rotatable bonds is 9. The highest BCUT2D eigenvalue weighted by atomic mass is 32.2. The fourth-order valence-electron chi connectivity index (χ4n) is 2.56. The molecule has 0 atom stereocenters. The van der Waals surface area contributed by atoms with E-state index in [1.165, 1.54) is 19.0 Å². The van der Waals surface area contributed by atoms with Gasteiger partial charge in [-0.25, -0.2) is 8.42 Å². The lowest BCUT2D eigenvalue weighted by Gasteiger charge is -2.18. The van der Waals surface area contributed by atoms with Crippen molar-refractivity contribution in [1.82, 2.24) is 19.4 Å². The number of aromatic nitrogens is 2. The summed E-state index contributed by atoms with van der Waals surface area (Å²) in [5, 5.41) is 7.64. The third-order valence-electron chi connectivity index (χ3n) is 4.06. The molecular weight excluding hydrogens is 288 g/mol. The van der Waals surface area contributed by atoms with Crippen LogP contribution in [0.3, 0.4) is 0 Å². The van der Waals surface area contributed by atoms with E-state index < -0.39 is 10.0 Å². The molecular formula is C14H24N4O2S. The van der Waals surface area contributed by atoms with Crippen molar-refractivity contribution in [3.05, 3.63) is 12.4 Å². The molecule has 0 bridgehead atoms. The van der Waals surface area contributed by atoms with Gasteiger partial charge >= 0.3 is 0 Å². The molecule has 0 radical (unpaired) electrons.